The van der Waals surface area contributed by atoms with Crippen LogP contribution in [-0.4, -0.2) is 62.9 Å². The number of urea groups is 1. The molecule has 1 heterocycles. The van der Waals surface area contributed by atoms with Crippen molar-refractivity contribution in [1.29, 1.82) is 0 Å². The summed E-state index contributed by atoms with van der Waals surface area (Å²) >= 11 is 0. The fraction of sp³-hybridized carbons (Fsp3) is 0.440. The Bertz CT molecular complexity index is 980. The SMILES string of the molecule is CCOC(=O)N(Cc1ccccc1)C1CC(C)N(C(=O)N(C)C)c2cc(OC)c(OC)cc21. The highest BCUT2D eigenvalue weighted by Gasteiger charge is 2.40. The molecule has 3 amide bonds. The molecule has 3 rings (SSSR count). The lowest BCUT2D eigenvalue weighted by atomic mass is 9.90. The van der Waals surface area contributed by atoms with E-state index in [1.165, 1.54) is 0 Å². The first-order valence-corrected chi connectivity index (χ1v) is 11.1. The number of rotatable bonds is 6. The molecule has 178 valence electrons. The molecule has 1 aliphatic heterocycles. The zero-order valence-electron chi connectivity index (χ0n) is 20.2. The van der Waals surface area contributed by atoms with Gasteiger partial charge in [0, 0.05) is 38.3 Å². The van der Waals surface area contributed by atoms with E-state index in [1.807, 2.05) is 49.4 Å². The van der Waals surface area contributed by atoms with Crippen LogP contribution in [0.4, 0.5) is 15.3 Å². The minimum absolute atomic E-state index is 0.139. The molecular formula is C25H33N3O5. The summed E-state index contributed by atoms with van der Waals surface area (Å²) in [5.74, 6) is 1.06. The summed E-state index contributed by atoms with van der Waals surface area (Å²) in [4.78, 5) is 31.3. The third kappa shape index (κ3) is 4.99. The Hall–Kier alpha value is -3.42. The standard InChI is InChI=1S/C25H33N3O5/c1-7-33-25(30)27(16-18-11-9-8-10-12-18)20-13-17(2)28(24(29)26(3)4)21-15-23(32-6)22(31-5)14-19(20)21/h8-12,14-15,17,20H,7,13,16H2,1-6H3. The molecule has 0 spiro atoms. The normalized spacial score (nSPS) is 17.1. The number of hydrogen-bond acceptors (Lipinski definition) is 5. The van der Waals surface area contributed by atoms with Gasteiger partial charge in [0.25, 0.3) is 0 Å². The van der Waals surface area contributed by atoms with Crippen molar-refractivity contribution in [3.63, 3.8) is 0 Å². The number of benzene rings is 2. The zero-order valence-corrected chi connectivity index (χ0v) is 20.2. The molecule has 33 heavy (non-hydrogen) atoms. The van der Waals surface area contributed by atoms with Gasteiger partial charge >= 0.3 is 12.1 Å². The topological polar surface area (TPSA) is 71.6 Å². The molecular weight excluding hydrogens is 422 g/mol. The van der Waals surface area contributed by atoms with Crippen molar-refractivity contribution in [3.05, 3.63) is 53.6 Å². The summed E-state index contributed by atoms with van der Waals surface area (Å²) < 4.78 is 16.5. The Morgan fingerprint density at radius 1 is 1.06 bits per heavy atom. The van der Waals surface area contributed by atoms with Crippen LogP contribution in [0.2, 0.25) is 0 Å². The highest BCUT2D eigenvalue weighted by Crippen LogP contribution is 2.46. The number of hydrogen-bond donors (Lipinski definition) is 0. The minimum atomic E-state index is -0.397. The molecule has 0 saturated heterocycles. The second-order valence-electron chi connectivity index (χ2n) is 8.23. The van der Waals surface area contributed by atoms with E-state index in [4.69, 9.17) is 14.2 Å². The summed E-state index contributed by atoms with van der Waals surface area (Å²) in [5, 5.41) is 0. The van der Waals surface area contributed by atoms with Crippen LogP contribution >= 0.6 is 0 Å². The smallest absolute Gasteiger partial charge is 0.410 e. The highest BCUT2D eigenvalue weighted by molar-refractivity contribution is 5.94. The van der Waals surface area contributed by atoms with Crippen LogP contribution in [0.25, 0.3) is 0 Å². The second-order valence-corrected chi connectivity index (χ2v) is 8.23. The van der Waals surface area contributed by atoms with Crippen molar-refractivity contribution in [2.45, 2.75) is 38.9 Å². The van der Waals surface area contributed by atoms with E-state index in [2.05, 4.69) is 0 Å². The van der Waals surface area contributed by atoms with Gasteiger partial charge in [-0.15, -0.1) is 0 Å². The van der Waals surface area contributed by atoms with Crippen molar-refractivity contribution in [1.82, 2.24) is 9.80 Å². The van der Waals surface area contributed by atoms with Crippen LogP contribution in [0.1, 0.15) is 37.4 Å². The fourth-order valence-corrected chi connectivity index (χ4v) is 4.24. The summed E-state index contributed by atoms with van der Waals surface area (Å²) in [6.07, 6.45) is 0.153. The predicted molar refractivity (Wildman–Crippen MR) is 127 cm³/mol. The fourth-order valence-electron chi connectivity index (χ4n) is 4.24. The van der Waals surface area contributed by atoms with Crippen molar-refractivity contribution in [2.75, 3.05) is 39.8 Å². The summed E-state index contributed by atoms with van der Waals surface area (Å²) in [7, 11) is 6.58. The maximum atomic E-state index is 13.1. The number of nitrogens with zero attached hydrogens (tertiary/aromatic N) is 3. The van der Waals surface area contributed by atoms with E-state index < -0.39 is 6.09 Å². The van der Waals surface area contributed by atoms with Crippen molar-refractivity contribution < 1.29 is 23.8 Å². The third-order valence-electron chi connectivity index (χ3n) is 5.82. The van der Waals surface area contributed by atoms with Gasteiger partial charge in [0.05, 0.1) is 32.6 Å². The Morgan fingerprint density at radius 2 is 1.70 bits per heavy atom. The quantitative estimate of drug-likeness (QED) is 0.632. The average Bonchev–Trinajstić information content (AvgIpc) is 2.81. The molecule has 0 aromatic heterocycles. The number of carbonyl (C=O) groups excluding carboxylic acids is 2. The monoisotopic (exact) mass is 455 g/mol. The highest BCUT2D eigenvalue weighted by atomic mass is 16.6. The number of fused-ring (bicyclic) bond motifs is 1. The van der Waals surface area contributed by atoms with E-state index in [0.717, 1.165) is 11.1 Å². The molecule has 8 nitrogen and oxygen atoms in total. The molecule has 1 aliphatic rings. The minimum Gasteiger partial charge on any atom is -0.493 e. The van der Waals surface area contributed by atoms with Gasteiger partial charge in [-0.1, -0.05) is 30.3 Å². The van der Waals surface area contributed by atoms with Gasteiger partial charge in [-0.3, -0.25) is 9.80 Å². The molecule has 0 aliphatic carbocycles. The van der Waals surface area contributed by atoms with E-state index in [0.29, 0.717) is 30.2 Å². The maximum absolute atomic E-state index is 13.1. The first kappa shape index (κ1) is 24.2. The van der Waals surface area contributed by atoms with Gasteiger partial charge in [-0.25, -0.2) is 9.59 Å². The largest absolute Gasteiger partial charge is 0.493 e. The van der Waals surface area contributed by atoms with Crippen LogP contribution in [-0.2, 0) is 11.3 Å². The average molecular weight is 456 g/mol. The van der Waals surface area contributed by atoms with E-state index in [-0.39, 0.29) is 24.7 Å². The lowest BCUT2D eigenvalue weighted by molar-refractivity contribution is 0.0814. The van der Waals surface area contributed by atoms with Crippen LogP contribution in [0.3, 0.4) is 0 Å². The summed E-state index contributed by atoms with van der Waals surface area (Å²) in [5.41, 5.74) is 2.49. The van der Waals surface area contributed by atoms with Gasteiger partial charge in [0.2, 0.25) is 0 Å². The Kier molecular flexibility index (Phi) is 7.68. The summed E-state index contributed by atoms with van der Waals surface area (Å²) in [6.45, 7) is 4.43. The molecule has 0 saturated carbocycles. The van der Waals surface area contributed by atoms with Crippen molar-refractivity contribution >= 4 is 17.8 Å². The van der Waals surface area contributed by atoms with Crippen molar-refractivity contribution in [2.24, 2.45) is 0 Å². The molecule has 2 aromatic carbocycles. The van der Waals surface area contributed by atoms with Gasteiger partial charge in [-0.2, -0.15) is 0 Å². The van der Waals surface area contributed by atoms with Crippen LogP contribution in [0.15, 0.2) is 42.5 Å². The molecule has 0 radical (unpaired) electrons. The van der Waals surface area contributed by atoms with Gasteiger partial charge < -0.3 is 19.1 Å². The molecule has 8 heteroatoms. The number of amides is 3. The van der Waals surface area contributed by atoms with Gasteiger partial charge in [0.1, 0.15) is 0 Å². The van der Waals surface area contributed by atoms with Crippen LogP contribution in [0.5, 0.6) is 11.5 Å². The Labute approximate surface area is 195 Å². The molecule has 2 aromatic rings. The molecule has 0 N–H and O–H groups in total. The van der Waals surface area contributed by atoms with E-state index in [9.17, 15) is 9.59 Å². The Balaban J connectivity index is 2.16. The number of methoxy groups -OCH3 is 2. The van der Waals surface area contributed by atoms with E-state index >= 15 is 0 Å². The van der Waals surface area contributed by atoms with Gasteiger partial charge in [0.15, 0.2) is 11.5 Å². The zero-order chi connectivity index (χ0) is 24.1. The van der Waals surface area contributed by atoms with Crippen LogP contribution < -0.4 is 14.4 Å². The van der Waals surface area contributed by atoms with Gasteiger partial charge in [-0.05, 0) is 31.9 Å². The second kappa shape index (κ2) is 10.5. The van der Waals surface area contributed by atoms with Crippen LogP contribution in [0, 0.1) is 0 Å². The molecule has 2 atom stereocenters. The molecule has 0 fully saturated rings. The van der Waals surface area contributed by atoms with Crippen molar-refractivity contribution in [3.8, 4) is 11.5 Å². The van der Waals surface area contributed by atoms with E-state index in [1.54, 1.807) is 49.9 Å². The predicted octanol–water partition coefficient (Wildman–Crippen LogP) is 4.68. The number of carbonyl (C=O) groups is 2. The molecule has 2 unspecified atom stereocenters. The molecule has 0 bridgehead atoms. The first-order valence-electron chi connectivity index (χ1n) is 11.1. The Morgan fingerprint density at radius 3 is 2.27 bits per heavy atom. The number of anilines is 1. The first-order chi connectivity index (χ1) is 15.8. The maximum Gasteiger partial charge on any atom is 0.410 e. The number of ether oxygens (including phenoxy) is 3. The lowest BCUT2D eigenvalue weighted by Crippen LogP contribution is -2.50. The third-order valence-corrected chi connectivity index (χ3v) is 5.82. The summed E-state index contributed by atoms with van der Waals surface area (Å²) in [6, 6.07) is 12.8. The lowest BCUT2D eigenvalue weighted by Gasteiger charge is -2.44.